The Balaban J connectivity index is 1.37. The summed E-state index contributed by atoms with van der Waals surface area (Å²) >= 11 is 8.37. The van der Waals surface area contributed by atoms with E-state index in [1.165, 1.54) is 28.2 Å². The van der Waals surface area contributed by atoms with E-state index in [0.29, 0.717) is 6.61 Å². The van der Waals surface area contributed by atoms with Crippen molar-refractivity contribution >= 4 is 36.9 Å². The molecule has 0 radical (unpaired) electrons. The van der Waals surface area contributed by atoms with Gasteiger partial charge in [-0.15, -0.1) is 0 Å². The zero-order valence-corrected chi connectivity index (χ0v) is 28.9. The van der Waals surface area contributed by atoms with E-state index in [4.69, 9.17) is 4.18 Å². The van der Waals surface area contributed by atoms with Gasteiger partial charge in [0.05, 0.1) is 18.8 Å². The molecule has 0 saturated heterocycles. The molecule has 3 unspecified atom stereocenters. The van der Waals surface area contributed by atoms with E-state index in [-0.39, 0.29) is 22.8 Å². The normalized spacial score (nSPS) is 25.8. The number of unbranched alkanes of at least 4 members (excludes halogenated alkanes) is 2. The first-order valence-corrected chi connectivity index (χ1v) is 17.6. The van der Waals surface area contributed by atoms with Gasteiger partial charge >= 0.3 is 0 Å². The standard InChI is InChI=1S/C38H52N2O2S2/c1-37(2)30-16-5-7-18-32(30)39(24-9-11-26-42-44)34(37)22-20-28-14-13-15-29(36(28)41)21-23-35-38(3,4)31-17-6-8-19-33(31)40(35)25-10-12-27-43/h5-8,16-23,29,35-36,41,43-44H,9-15,24-27H2,1-4H3/b23-21+,28-20+,34-22+. The lowest BCUT2D eigenvalue weighted by Crippen LogP contribution is -2.41. The topological polar surface area (TPSA) is 35.9 Å². The zero-order chi connectivity index (χ0) is 31.3. The van der Waals surface area contributed by atoms with Crippen LogP contribution in [0.1, 0.15) is 83.8 Å². The summed E-state index contributed by atoms with van der Waals surface area (Å²) in [5.74, 6) is 1.05. The van der Waals surface area contributed by atoms with Gasteiger partial charge < -0.3 is 19.1 Å². The maximum absolute atomic E-state index is 11.7. The minimum Gasteiger partial charge on any atom is -0.388 e. The van der Waals surface area contributed by atoms with Crippen LogP contribution in [0.4, 0.5) is 11.4 Å². The second-order valence-corrected chi connectivity index (χ2v) is 14.5. The molecule has 3 aliphatic rings. The van der Waals surface area contributed by atoms with Crippen molar-refractivity contribution in [3.8, 4) is 0 Å². The van der Waals surface area contributed by atoms with E-state index in [2.05, 4.69) is 136 Å². The van der Waals surface area contributed by atoms with Crippen LogP contribution < -0.4 is 9.80 Å². The molecule has 5 rings (SSSR count). The highest BCUT2D eigenvalue weighted by atomic mass is 32.1. The van der Waals surface area contributed by atoms with Gasteiger partial charge in [0.15, 0.2) is 0 Å². The molecule has 2 aliphatic heterocycles. The SMILES string of the molecule is CC1(C)/C(=C\C=C2/CCCC(/C=C/C3N(CCCCS)c4ccccc4C3(C)C)C2O)N(CCCCOS)c2ccccc21. The molecule has 2 aromatic carbocycles. The molecule has 238 valence electrons. The number of para-hydroxylation sites is 2. The number of nitrogens with zero attached hydrogens (tertiary/aromatic N) is 2. The Bertz CT molecular complexity index is 1360. The van der Waals surface area contributed by atoms with Crippen LogP contribution in [-0.2, 0) is 15.0 Å². The Morgan fingerprint density at radius 3 is 2.34 bits per heavy atom. The number of allylic oxidation sites excluding steroid dienone is 3. The zero-order valence-electron chi connectivity index (χ0n) is 27.1. The van der Waals surface area contributed by atoms with Gasteiger partial charge in [0.1, 0.15) is 0 Å². The molecular weight excluding hydrogens is 581 g/mol. The Hall–Kier alpha value is -2.12. The number of anilines is 2. The van der Waals surface area contributed by atoms with E-state index >= 15 is 0 Å². The fourth-order valence-electron chi connectivity index (χ4n) is 7.72. The summed E-state index contributed by atoms with van der Waals surface area (Å²) in [6.45, 7) is 12.0. The van der Waals surface area contributed by atoms with Crippen molar-refractivity contribution in [1.82, 2.24) is 0 Å². The van der Waals surface area contributed by atoms with Gasteiger partial charge in [0.25, 0.3) is 0 Å². The van der Waals surface area contributed by atoms with Gasteiger partial charge in [-0.2, -0.15) is 12.6 Å². The van der Waals surface area contributed by atoms with E-state index in [1.807, 2.05) is 0 Å². The highest BCUT2D eigenvalue weighted by molar-refractivity contribution is 7.80. The third-order valence-corrected chi connectivity index (χ3v) is 10.7. The summed E-state index contributed by atoms with van der Waals surface area (Å²) in [5.41, 5.74) is 7.76. The van der Waals surface area contributed by atoms with E-state index in [9.17, 15) is 5.11 Å². The molecule has 1 N–H and O–H groups in total. The van der Waals surface area contributed by atoms with Gasteiger partial charge in [-0.3, -0.25) is 0 Å². The third kappa shape index (κ3) is 6.70. The van der Waals surface area contributed by atoms with Crippen molar-refractivity contribution in [2.75, 3.05) is 35.2 Å². The van der Waals surface area contributed by atoms with Crippen molar-refractivity contribution in [2.24, 2.45) is 5.92 Å². The van der Waals surface area contributed by atoms with Crippen molar-refractivity contribution in [3.05, 3.63) is 95.2 Å². The summed E-state index contributed by atoms with van der Waals surface area (Å²) in [7, 11) is 0. The number of rotatable bonds is 12. The Morgan fingerprint density at radius 2 is 1.59 bits per heavy atom. The average Bonchev–Trinajstić information content (AvgIpc) is 3.37. The maximum atomic E-state index is 11.7. The highest BCUT2D eigenvalue weighted by Gasteiger charge is 2.43. The first-order valence-electron chi connectivity index (χ1n) is 16.6. The van der Waals surface area contributed by atoms with Crippen LogP contribution in [0, 0.1) is 5.92 Å². The third-order valence-electron chi connectivity index (χ3n) is 10.2. The quantitative estimate of drug-likeness (QED) is 0.0946. The van der Waals surface area contributed by atoms with Crippen LogP contribution >= 0.6 is 25.5 Å². The highest BCUT2D eigenvalue weighted by Crippen LogP contribution is 2.48. The molecular formula is C38H52N2O2S2. The molecule has 0 amide bonds. The average molecular weight is 633 g/mol. The van der Waals surface area contributed by atoms with Crippen LogP contribution in [0.3, 0.4) is 0 Å². The molecule has 0 aromatic heterocycles. The van der Waals surface area contributed by atoms with Gasteiger partial charge in [-0.1, -0.05) is 82.3 Å². The smallest absolute Gasteiger partial charge is 0.0815 e. The first-order chi connectivity index (χ1) is 21.2. The predicted molar refractivity (Wildman–Crippen MR) is 193 cm³/mol. The largest absolute Gasteiger partial charge is 0.388 e. The number of thiol groups is 2. The Kier molecular flexibility index (Phi) is 11.0. The fraction of sp³-hybridized carbons (Fsp3) is 0.526. The molecule has 2 heterocycles. The number of hydrogen-bond donors (Lipinski definition) is 3. The van der Waals surface area contributed by atoms with Gasteiger partial charge in [0, 0.05) is 46.9 Å². The summed E-state index contributed by atoms with van der Waals surface area (Å²) in [4.78, 5) is 5.06. The van der Waals surface area contributed by atoms with Crippen LogP contribution in [0.15, 0.2) is 84.1 Å². The lowest BCUT2D eigenvalue weighted by atomic mass is 9.78. The molecule has 3 atom stereocenters. The van der Waals surface area contributed by atoms with Gasteiger partial charge in [0.2, 0.25) is 0 Å². The number of aliphatic hydroxyl groups is 1. The van der Waals surface area contributed by atoms with Crippen LogP contribution in [0.25, 0.3) is 0 Å². The number of benzene rings is 2. The molecule has 1 fully saturated rings. The number of aliphatic hydroxyl groups excluding tert-OH is 1. The monoisotopic (exact) mass is 632 g/mol. The molecule has 0 bridgehead atoms. The molecule has 0 spiro atoms. The molecule has 4 nitrogen and oxygen atoms in total. The molecule has 1 saturated carbocycles. The Labute approximate surface area is 277 Å². The summed E-state index contributed by atoms with van der Waals surface area (Å²) in [5, 5.41) is 11.7. The van der Waals surface area contributed by atoms with E-state index in [1.54, 1.807) is 0 Å². The van der Waals surface area contributed by atoms with Gasteiger partial charge in [-0.05, 0) is 98.5 Å². The van der Waals surface area contributed by atoms with Gasteiger partial charge in [-0.25, -0.2) is 0 Å². The lowest BCUT2D eigenvalue weighted by Gasteiger charge is -2.34. The molecule has 6 heteroatoms. The second-order valence-electron chi connectivity index (χ2n) is 13.8. The van der Waals surface area contributed by atoms with Crippen molar-refractivity contribution in [2.45, 2.75) is 95.6 Å². The molecule has 1 aliphatic carbocycles. The van der Waals surface area contributed by atoms with Crippen molar-refractivity contribution in [1.29, 1.82) is 0 Å². The maximum Gasteiger partial charge on any atom is 0.0815 e. The van der Waals surface area contributed by atoms with Crippen LogP contribution in [0.5, 0.6) is 0 Å². The predicted octanol–water partition coefficient (Wildman–Crippen LogP) is 8.83. The van der Waals surface area contributed by atoms with E-state index < -0.39 is 6.10 Å². The van der Waals surface area contributed by atoms with Crippen LogP contribution in [-0.4, -0.2) is 42.7 Å². The minimum absolute atomic E-state index is 0.00226. The first kappa shape index (κ1) is 33.2. The number of hydrogen-bond acceptors (Lipinski definition) is 6. The lowest BCUT2D eigenvalue weighted by molar-refractivity contribution is 0.139. The Morgan fingerprint density at radius 1 is 0.886 bits per heavy atom. The fourth-order valence-corrected chi connectivity index (χ4v) is 8.08. The van der Waals surface area contributed by atoms with E-state index in [0.717, 1.165) is 69.4 Å². The van der Waals surface area contributed by atoms with Crippen molar-refractivity contribution < 1.29 is 9.29 Å². The summed E-state index contributed by atoms with van der Waals surface area (Å²) in [6, 6.07) is 17.9. The number of fused-ring (bicyclic) bond motifs is 2. The minimum atomic E-state index is -0.464. The van der Waals surface area contributed by atoms with Crippen molar-refractivity contribution in [3.63, 3.8) is 0 Å². The summed E-state index contributed by atoms with van der Waals surface area (Å²) < 4.78 is 5.01. The van der Waals surface area contributed by atoms with Crippen LogP contribution in [0.2, 0.25) is 0 Å². The molecule has 44 heavy (non-hydrogen) atoms. The molecule has 2 aromatic rings. The second kappa shape index (κ2) is 14.5. The summed E-state index contributed by atoms with van der Waals surface area (Å²) in [6.07, 6.45) is 16.1.